The highest BCUT2D eigenvalue weighted by molar-refractivity contribution is 5.89. The minimum Gasteiger partial charge on any atom is -0.392 e. The highest BCUT2D eigenvalue weighted by Gasteiger charge is 2.33. The van der Waals surface area contributed by atoms with Crippen molar-refractivity contribution in [2.24, 2.45) is 0 Å². The summed E-state index contributed by atoms with van der Waals surface area (Å²) in [7, 11) is 2.13. The smallest absolute Gasteiger partial charge is 0.319 e. The number of aliphatic hydroxyl groups is 1. The fourth-order valence-electron chi connectivity index (χ4n) is 5.33. The summed E-state index contributed by atoms with van der Waals surface area (Å²) in [5, 5.41) is 17.6. The van der Waals surface area contributed by atoms with Crippen LogP contribution in [0.25, 0.3) is 10.8 Å². The Kier molecular flexibility index (Phi) is 9.31. The van der Waals surface area contributed by atoms with Crippen molar-refractivity contribution in [1.82, 2.24) is 10.2 Å². The molecule has 2 amide bonds. The first kappa shape index (κ1) is 28.8. The Bertz CT molecular complexity index is 1460. The zero-order valence-corrected chi connectivity index (χ0v) is 23.9. The molecular weight excluding hydrogens is 514 g/mol. The van der Waals surface area contributed by atoms with Crippen LogP contribution in [-0.4, -0.2) is 42.3 Å². The molecule has 4 aromatic carbocycles. The average molecular weight is 554 g/mol. The molecule has 1 aliphatic heterocycles. The van der Waals surface area contributed by atoms with Crippen molar-refractivity contribution in [2.75, 3.05) is 25.5 Å². The van der Waals surface area contributed by atoms with Gasteiger partial charge in [-0.25, -0.2) is 4.79 Å². The molecule has 1 saturated heterocycles. The van der Waals surface area contributed by atoms with Gasteiger partial charge in [-0.15, -0.1) is 0 Å². The molecule has 5 rings (SSSR count). The van der Waals surface area contributed by atoms with Crippen molar-refractivity contribution in [3.63, 3.8) is 0 Å². The Morgan fingerprint density at radius 1 is 0.951 bits per heavy atom. The molecule has 41 heavy (non-hydrogen) atoms. The van der Waals surface area contributed by atoms with E-state index < -0.39 is 6.29 Å². The molecule has 0 unspecified atom stereocenters. The van der Waals surface area contributed by atoms with Crippen LogP contribution in [-0.2, 0) is 16.1 Å². The van der Waals surface area contributed by atoms with E-state index in [0.717, 1.165) is 23.2 Å². The maximum absolute atomic E-state index is 12.1. The highest BCUT2D eigenvalue weighted by atomic mass is 16.7. The number of likely N-dealkylation sites (N-methyl/N-ethyl adjacent to an activating group) is 1. The van der Waals surface area contributed by atoms with Gasteiger partial charge in [-0.05, 0) is 66.6 Å². The van der Waals surface area contributed by atoms with Crippen LogP contribution in [0.1, 0.15) is 61.0 Å². The Labute approximate surface area is 242 Å². The maximum Gasteiger partial charge on any atom is 0.319 e. The topological polar surface area (TPSA) is 83.1 Å². The third-order valence-electron chi connectivity index (χ3n) is 7.78. The lowest BCUT2D eigenvalue weighted by Gasteiger charge is -2.39. The minimum atomic E-state index is -0.600. The zero-order chi connectivity index (χ0) is 28.8. The number of amides is 2. The Hall–Kier alpha value is -3.75. The van der Waals surface area contributed by atoms with Gasteiger partial charge < -0.3 is 25.2 Å². The number of benzene rings is 4. The summed E-state index contributed by atoms with van der Waals surface area (Å²) in [6, 6.07) is 30.5. The van der Waals surface area contributed by atoms with E-state index in [1.165, 1.54) is 16.3 Å². The number of nitrogens with zero attached hydrogens (tertiary/aromatic N) is 1. The van der Waals surface area contributed by atoms with Crippen molar-refractivity contribution in [3.8, 4) is 0 Å². The van der Waals surface area contributed by atoms with E-state index in [-0.39, 0.29) is 30.9 Å². The van der Waals surface area contributed by atoms with E-state index in [2.05, 4.69) is 72.0 Å². The normalized spacial score (nSPS) is 19.7. The lowest BCUT2D eigenvalue weighted by Crippen LogP contribution is -2.38. The maximum atomic E-state index is 12.1. The summed E-state index contributed by atoms with van der Waals surface area (Å²) in [6.45, 7) is 5.37. The van der Waals surface area contributed by atoms with Gasteiger partial charge >= 0.3 is 6.03 Å². The van der Waals surface area contributed by atoms with Gasteiger partial charge in [-0.1, -0.05) is 72.8 Å². The lowest BCUT2D eigenvalue weighted by molar-refractivity contribution is -0.253. The van der Waals surface area contributed by atoms with Crippen LogP contribution in [0.4, 0.5) is 10.5 Å². The number of rotatable bonds is 9. The van der Waals surface area contributed by atoms with Crippen molar-refractivity contribution in [1.29, 1.82) is 0 Å². The van der Waals surface area contributed by atoms with Crippen LogP contribution in [0.15, 0.2) is 91.0 Å². The summed E-state index contributed by atoms with van der Waals surface area (Å²) < 4.78 is 13.1. The van der Waals surface area contributed by atoms with E-state index in [9.17, 15) is 9.90 Å². The van der Waals surface area contributed by atoms with Crippen LogP contribution in [0.3, 0.4) is 0 Å². The number of fused-ring (bicyclic) bond motifs is 1. The monoisotopic (exact) mass is 553 g/mol. The number of hydrogen-bond donors (Lipinski definition) is 3. The lowest BCUT2D eigenvalue weighted by atomic mass is 9.98. The SMILES string of the molecule is CCNC(=O)Nc1cccc([C@@H]2O[C@H](CN(C)[C@H](C)c3ccc4ccccc4c3)C[C@H](c3ccc(CO)cc3)O2)c1. The molecule has 3 N–H and O–H groups in total. The Morgan fingerprint density at radius 2 is 1.73 bits per heavy atom. The van der Waals surface area contributed by atoms with Gasteiger partial charge in [0.25, 0.3) is 0 Å². The number of hydrogen-bond acceptors (Lipinski definition) is 5. The van der Waals surface area contributed by atoms with Crippen LogP contribution in [0, 0.1) is 0 Å². The quantitative estimate of drug-likeness (QED) is 0.215. The zero-order valence-electron chi connectivity index (χ0n) is 23.9. The number of anilines is 1. The Morgan fingerprint density at radius 3 is 2.49 bits per heavy atom. The van der Waals surface area contributed by atoms with Crippen molar-refractivity contribution >= 4 is 22.5 Å². The first-order valence-electron chi connectivity index (χ1n) is 14.3. The second-order valence-corrected chi connectivity index (χ2v) is 10.7. The Balaban J connectivity index is 1.36. The van der Waals surface area contributed by atoms with Gasteiger partial charge in [0.2, 0.25) is 0 Å². The number of ether oxygens (including phenoxy) is 2. The standard InChI is InChI=1S/C34H39N3O4/c1-4-35-34(39)36-30-11-7-10-29(19-30)33-40-31(20-32(41-33)26-14-12-24(22-38)13-15-26)21-37(3)23(2)27-17-16-25-8-5-6-9-28(25)18-27/h5-19,23,31-33,38H,4,20-22H2,1-3H3,(H2,35,36,39)/t23-,31+,32-,33-/m1/s1. The van der Waals surface area contributed by atoms with Gasteiger partial charge in [0.15, 0.2) is 6.29 Å². The molecule has 4 atom stereocenters. The second-order valence-electron chi connectivity index (χ2n) is 10.7. The predicted molar refractivity (Wildman–Crippen MR) is 163 cm³/mol. The first-order chi connectivity index (χ1) is 19.9. The third-order valence-corrected chi connectivity index (χ3v) is 7.78. The average Bonchev–Trinajstić information content (AvgIpc) is 3.00. The molecule has 214 valence electrons. The van der Waals surface area contributed by atoms with Gasteiger partial charge in [-0.2, -0.15) is 0 Å². The van der Waals surface area contributed by atoms with Gasteiger partial charge in [0.1, 0.15) is 0 Å². The van der Waals surface area contributed by atoms with Crippen LogP contribution in [0.2, 0.25) is 0 Å². The predicted octanol–water partition coefficient (Wildman–Crippen LogP) is 6.71. The largest absolute Gasteiger partial charge is 0.392 e. The molecule has 7 nitrogen and oxygen atoms in total. The molecular formula is C34H39N3O4. The fraction of sp³-hybridized carbons (Fsp3) is 0.324. The van der Waals surface area contributed by atoms with Crippen molar-refractivity contribution in [3.05, 3.63) is 113 Å². The second kappa shape index (κ2) is 13.3. The highest BCUT2D eigenvalue weighted by Crippen LogP contribution is 2.39. The van der Waals surface area contributed by atoms with Gasteiger partial charge in [0, 0.05) is 36.8 Å². The molecule has 1 heterocycles. The number of carbonyl (C=O) groups is 1. The van der Waals surface area contributed by atoms with Gasteiger partial charge in [-0.3, -0.25) is 4.90 Å². The molecule has 0 saturated carbocycles. The van der Waals surface area contributed by atoms with Gasteiger partial charge in [0.05, 0.1) is 18.8 Å². The van der Waals surface area contributed by atoms with Crippen molar-refractivity contribution < 1.29 is 19.4 Å². The summed E-state index contributed by atoms with van der Waals surface area (Å²) in [4.78, 5) is 14.4. The minimum absolute atomic E-state index is 0.00300. The number of nitrogens with one attached hydrogen (secondary N) is 2. The van der Waals surface area contributed by atoms with E-state index in [0.29, 0.717) is 18.7 Å². The molecule has 0 aromatic heterocycles. The summed E-state index contributed by atoms with van der Waals surface area (Å²) in [5.41, 5.74) is 4.68. The number of carbonyl (C=O) groups excluding carboxylic acids is 1. The van der Waals surface area contributed by atoms with Crippen molar-refractivity contribution in [2.45, 2.75) is 51.4 Å². The molecule has 0 aliphatic carbocycles. The van der Waals surface area contributed by atoms with E-state index in [1.54, 1.807) is 0 Å². The first-order valence-corrected chi connectivity index (χ1v) is 14.3. The summed E-state index contributed by atoms with van der Waals surface area (Å²) in [5.74, 6) is 0. The van der Waals surface area contributed by atoms with E-state index in [1.807, 2.05) is 55.5 Å². The molecule has 1 fully saturated rings. The molecule has 0 radical (unpaired) electrons. The van der Waals surface area contributed by atoms with E-state index in [4.69, 9.17) is 9.47 Å². The van der Waals surface area contributed by atoms with Crippen LogP contribution in [0.5, 0.6) is 0 Å². The summed E-state index contributed by atoms with van der Waals surface area (Å²) in [6.07, 6.45) is -0.183. The summed E-state index contributed by atoms with van der Waals surface area (Å²) >= 11 is 0. The molecule has 4 aromatic rings. The number of aliphatic hydroxyl groups excluding tert-OH is 1. The molecule has 1 aliphatic rings. The molecule has 7 heteroatoms. The van der Waals surface area contributed by atoms with E-state index >= 15 is 0 Å². The van der Waals surface area contributed by atoms with Crippen LogP contribution >= 0.6 is 0 Å². The molecule has 0 spiro atoms. The van der Waals surface area contributed by atoms with Crippen LogP contribution < -0.4 is 10.6 Å². The molecule has 0 bridgehead atoms. The number of urea groups is 1. The third kappa shape index (κ3) is 7.13. The fourth-order valence-corrected chi connectivity index (χ4v) is 5.33.